The molecule has 0 unspecified atom stereocenters. The minimum absolute atomic E-state index is 0.0139. The molecule has 0 saturated heterocycles. The summed E-state index contributed by atoms with van der Waals surface area (Å²) in [6, 6.07) is 22.4. The molecule has 6 nitrogen and oxygen atoms in total. The second-order valence-corrected chi connectivity index (χ2v) is 8.32. The smallest absolute Gasteiger partial charge is 0.323 e. The second-order valence-electron chi connectivity index (χ2n) is 7.18. The number of nitrogens with zero attached hydrogens (tertiary/aromatic N) is 1. The number of urea groups is 1. The molecule has 4 aromatic rings. The Kier molecular flexibility index (Phi) is 5.09. The van der Waals surface area contributed by atoms with E-state index in [2.05, 4.69) is 15.6 Å². The number of amides is 3. The van der Waals surface area contributed by atoms with Crippen LogP contribution in [0.1, 0.15) is 10.4 Å². The van der Waals surface area contributed by atoms with Gasteiger partial charge >= 0.3 is 6.03 Å². The Hall–Kier alpha value is -3.71. The Balaban J connectivity index is 1.33. The molecule has 31 heavy (non-hydrogen) atoms. The van der Waals surface area contributed by atoms with Crippen molar-refractivity contribution in [1.29, 1.82) is 0 Å². The molecule has 0 fully saturated rings. The molecule has 1 aromatic heterocycles. The summed E-state index contributed by atoms with van der Waals surface area (Å²) in [5, 5.41) is 6.73. The van der Waals surface area contributed by atoms with Crippen LogP contribution in [-0.2, 0) is 0 Å². The van der Waals surface area contributed by atoms with Gasteiger partial charge < -0.3 is 20.5 Å². The minimum Gasteiger partial charge on any atom is -0.359 e. The first-order valence-corrected chi connectivity index (χ1v) is 11.0. The summed E-state index contributed by atoms with van der Waals surface area (Å²) in [4.78, 5) is 31.4. The molecule has 0 aliphatic carbocycles. The summed E-state index contributed by atoms with van der Waals surface area (Å²) in [5.41, 5.74) is 3.90. The van der Waals surface area contributed by atoms with Crippen molar-refractivity contribution in [3.05, 3.63) is 84.6 Å². The molecular formula is C24H20N4O2S. The zero-order valence-corrected chi connectivity index (χ0v) is 17.4. The first-order chi connectivity index (χ1) is 15.2. The van der Waals surface area contributed by atoms with Crippen molar-refractivity contribution in [3.8, 4) is 0 Å². The lowest BCUT2D eigenvalue weighted by Crippen LogP contribution is -2.35. The molecule has 1 aliphatic heterocycles. The lowest BCUT2D eigenvalue weighted by Gasteiger charge is -2.29. The number of carbonyl (C=O) groups is 2. The molecule has 5 rings (SSSR count). The molecule has 3 amide bonds. The summed E-state index contributed by atoms with van der Waals surface area (Å²) in [5.74, 6) is 0.788. The Morgan fingerprint density at radius 3 is 2.61 bits per heavy atom. The fraction of sp³-hybridized carbons (Fsp3) is 0.0833. The number of H-pyrrole nitrogens is 1. The highest BCUT2D eigenvalue weighted by molar-refractivity contribution is 7.99. The first kappa shape index (κ1) is 19.3. The number of aromatic amines is 1. The molecule has 3 N–H and O–H groups in total. The van der Waals surface area contributed by atoms with Gasteiger partial charge in [-0.1, -0.05) is 36.4 Å². The number of carbonyl (C=O) groups excluding carboxylic acids is 2. The quantitative estimate of drug-likeness (QED) is 0.400. The van der Waals surface area contributed by atoms with Gasteiger partial charge in [-0.3, -0.25) is 4.79 Å². The van der Waals surface area contributed by atoms with Gasteiger partial charge in [0, 0.05) is 45.5 Å². The Morgan fingerprint density at radius 2 is 1.74 bits per heavy atom. The summed E-state index contributed by atoms with van der Waals surface area (Å²) in [6.45, 7) is 0.652. The van der Waals surface area contributed by atoms with Crippen LogP contribution in [0.3, 0.4) is 0 Å². The number of aromatic nitrogens is 1. The van der Waals surface area contributed by atoms with Gasteiger partial charge in [-0.2, -0.15) is 0 Å². The van der Waals surface area contributed by atoms with Gasteiger partial charge in [-0.15, -0.1) is 11.8 Å². The van der Waals surface area contributed by atoms with Crippen LogP contribution < -0.4 is 15.5 Å². The van der Waals surface area contributed by atoms with Crippen molar-refractivity contribution in [2.75, 3.05) is 27.8 Å². The number of fused-ring (bicyclic) bond motifs is 2. The molecule has 0 atom stereocenters. The highest BCUT2D eigenvalue weighted by Gasteiger charge is 2.24. The number of benzene rings is 3. The summed E-state index contributed by atoms with van der Waals surface area (Å²) < 4.78 is 0. The van der Waals surface area contributed by atoms with Crippen LogP contribution in [-0.4, -0.2) is 29.2 Å². The largest absolute Gasteiger partial charge is 0.359 e. The van der Waals surface area contributed by atoms with Crippen LogP contribution in [0.2, 0.25) is 0 Å². The molecule has 154 valence electrons. The number of rotatable bonds is 3. The predicted molar refractivity (Wildman–Crippen MR) is 126 cm³/mol. The third kappa shape index (κ3) is 3.87. The fourth-order valence-electron chi connectivity index (χ4n) is 3.70. The van der Waals surface area contributed by atoms with E-state index in [0.29, 0.717) is 17.8 Å². The molecule has 0 bridgehead atoms. The maximum absolute atomic E-state index is 12.9. The van der Waals surface area contributed by atoms with E-state index in [9.17, 15) is 9.59 Å². The Morgan fingerprint density at radius 1 is 0.935 bits per heavy atom. The molecule has 3 aromatic carbocycles. The van der Waals surface area contributed by atoms with E-state index in [4.69, 9.17) is 0 Å². The van der Waals surface area contributed by atoms with E-state index in [1.54, 1.807) is 22.9 Å². The van der Waals surface area contributed by atoms with Crippen LogP contribution >= 0.6 is 11.8 Å². The maximum atomic E-state index is 12.9. The van der Waals surface area contributed by atoms with Crippen LogP contribution in [0.5, 0.6) is 0 Å². The zero-order chi connectivity index (χ0) is 21.2. The molecular weight excluding hydrogens is 408 g/mol. The average molecular weight is 429 g/mol. The molecule has 0 saturated carbocycles. The van der Waals surface area contributed by atoms with Crippen LogP contribution in [0.4, 0.5) is 21.9 Å². The fourth-order valence-corrected chi connectivity index (χ4v) is 4.74. The second kappa shape index (κ2) is 8.20. The van der Waals surface area contributed by atoms with Gasteiger partial charge in [-0.05, 0) is 36.4 Å². The van der Waals surface area contributed by atoms with E-state index >= 15 is 0 Å². The zero-order valence-electron chi connectivity index (χ0n) is 16.6. The number of anilines is 3. The number of nitrogens with one attached hydrogen (secondary N) is 3. The maximum Gasteiger partial charge on any atom is 0.323 e. The first-order valence-electron chi connectivity index (χ1n) is 9.97. The topological polar surface area (TPSA) is 77.2 Å². The SMILES string of the molecule is O=C(Nc1ccc2c(c1)SCCN2C(=O)c1ccccc1)Nc1c[nH]c2ccccc12. The van der Waals surface area contributed by atoms with Gasteiger partial charge in [0.1, 0.15) is 0 Å². The van der Waals surface area contributed by atoms with E-state index in [1.807, 2.05) is 72.8 Å². The number of hydrogen-bond donors (Lipinski definition) is 3. The van der Waals surface area contributed by atoms with E-state index in [-0.39, 0.29) is 11.9 Å². The van der Waals surface area contributed by atoms with Gasteiger partial charge in [0.25, 0.3) is 5.91 Å². The van der Waals surface area contributed by atoms with Gasteiger partial charge in [-0.25, -0.2) is 4.79 Å². The summed E-state index contributed by atoms with van der Waals surface area (Å²) in [7, 11) is 0. The molecule has 0 radical (unpaired) electrons. The minimum atomic E-state index is -0.317. The van der Waals surface area contributed by atoms with Crippen molar-refractivity contribution in [2.24, 2.45) is 0 Å². The highest BCUT2D eigenvalue weighted by atomic mass is 32.2. The average Bonchev–Trinajstić information content (AvgIpc) is 3.21. The highest BCUT2D eigenvalue weighted by Crippen LogP contribution is 2.37. The lowest BCUT2D eigenvalue weighted by atomic mass is 10.1. The molecule has 1 aliphatic rings. The number of hydrogen-bond acceptors (Lipinski definition) is 3. The summed E-state index contributed by atoms with van der Waals surface area (Å²) >= 11 is 1.68. The number of para-hydroxylation sites is 1. The van der Waals surface area contributed by atoms with Crippen molar-refractivity contribution >= 4 is 51.7 Å². The predicted octanol–water partition coefficient (Wildman–Crippen LogP) is 5.56. The van der Waals surface area contributed by atoms with Crippen molar-refractivity contribution < 1.29 is 9.59 Å². The van der Waals surface area contributed by atoms with Crippen molar-refractivity contribution in [1.82, 2.24) is 4.98 Å². The molecule has 0 spiro atoms. The van der Waals surface area contributed by atoms with E-state index in [0.717, 1.165) is 32.9 Å². The van der Waals surface area contributed by atoms with Gasteiger partial charge in [0.05, 0.1) is 11.4 Å². The summed E-state index contributed by atoms with van der Waals surface area (Å²) in [6.07, 6.45) is 1.78. The van der Waals surface area contributed by atoms with Crippen LogP contribution in [0, 0.1) is 0 Å². The van der Waals surface area contributed by atoms with E-state index in [1.165, 1.54) is 0 Å². The third-order valence-electron chi connectivity index (χ3n) is 5.18. The van der Waals surface area contributed by atoms with Gasteiger partial charge in [0.15, 0.2) is 0 Å². The Labute approximate surface area is 183 Å². The van der Waals surface area contributed by atoms with E-state index < -0.39 is 0 Å². The van der Waals surface area contributed by atoms with Crippen LogP contribution in [0.15, 0.2) is 83.9 Å². The van der Waals surface area contributed by atoms with Crippen LogP contribution in [0.25, 0.3) is 10.9 Å². The number of thioether (sulfide) groups is 1. The lowest BCUT2D eigenvalue weighted by molar-refractivity contribution is 0.0987. The standard InChI is InChI=1S/C24H20N4O2S/c29-23(16-6-2-1-3-7-16)28-12-13-31-22-14-17(10-11-21(22)28)26-24(30)27-20-15-25-19-9-5-4-8-18(19)20/h1-11,14-15,25H,12-13H2,(H2,26,27,30). The normalized spacial score (nSPS) is 13.0. The Bertz CT molecular complexity index is 1270. The molecule has 2 heterocycles. The van der Waals surface area contributed by atoms with Crippen molar-refractivity contribution in [3.63, 3.8) is 0 Å². The van der Waals surface area contributed by atoms with Gasteiger partial charge in [0.2, 0.25) is 0 Å². The van der Waals surface area contributed by atoms with Crippen molar-refractivity contribution in [2.45, 2.75) is 4.90 Å². The molecule has 7 heteroatoms. The monoisotopic (exact) mass is 428 g/mol. The third-order valence-corrected chi connectivity index (χ3v) is 6.21.